The summed E-state index contributed by atoms with van der Waals surface area (Å²) in [5.41, 5.74) is 1.33. The van der Waals surface area contributed by atoms with Gasteiger partial charge >= 0.3 is 0 Å². The minimum absolute atomic E-state index is 0.152. The van der Waals surface area contributed by atoms with E-state index in [0.717, 1.165) is 30.8 Å². The van der Waals surface area contributed by atoms with Crippen molar-refractivity contribution in [1.82, 2.24) is 24.9 Å². The molecule has 0 amide bonds. The number of aryl methyl sites for hydroxylation is 1. The zero-order valence-corrected chi connectivity index (χ0v) is 14.7. The lowest BCUT2D eigenvalue weighted by molar-refractivity contribution is 0.141. The summed E-state index contributed by atoms with van der Waals surface area (Å²) in [5, 5.41) is 14.8. The monoisotopic (exact) mass is 343 g/mol. The van der Waals surface area contributed by atoms with Gasteiger partial charge in [0.25, 0.3) is 5.89 Å². The van der Waals surface area contributed by atoms with E-state index in [2.05, 4.69) is 33.2 Å². The third-order valence-corrected chi connectivity index (χ3v) is 5.74. The van der Waals surface area contributed by atoms with E-state index in [1.165, 1.54) is 5.69 Å². The third kappa shape index (κ3) is 2.89. The molecule has 1 aliphatic rings. The van der Waals surface area contributed by atoms with E-state index in [9.17, 15) is 0 Å². The second kappa shape index (κ2) is 6.49. The SMILES string of the molecule is CC(c1nnc(-c2cccs2)o1)N1CCC(c2ccnn2C)CC1. The smallest absolute Gasteiger partial charge is 0.257 e. The normalized spacial score (nSPS) is 18.1. The van der Waals surface area contributed by atoms with Crippen LogP contribution in [0.25, 0.3) is 10.8 Å². The maximum Gasteiger partial charge on any atom is 0.257 e. The summed E-state index contributed by atoms with van der Waals surface area (Å²) in [7, 11) is 2.02. The standard InChI is InChI=1S/C17H21N5OS/c1-12(16-19-20-17(23-16)15-4-3-11-24-15)22-9-6-13(7-10-22)14-5-8-18-21(14)2/h3-5,8,11-13H,6-7,9-10H2,1-2H3. The first-order valence-electron chi connectivity index (χ1n) is 8.31. The number of rotatable bonds is 4. The van der Waals surface area contributed by atoms with E-state index in [1.807, 2.05) is 35.4 Å². The molecule has 0 aliphatic carbocycles. The molecule has 1 aliphatic heterocycles. The minimum atomic E-state index is 0.152. The average Bonchev–Trinajstić information content (AvgIpc) is 3.35. The third-order valence-electron chi connectivity index (χ3n) is 4.88. The Morgan fingerprint density at radius 3 is 2.75 bits per heavy atom. The van der Waals surface area contributed by atoms with Crippen LogP contribution in [0.4, 0.5) is 0 Å². The predicted molar refractivity (Wildman–Crippen MR) is 92.8 cm³/mol. The van der Waals surface area contributed by atoms with Crippen molar-refractivity contribution >= 4 is 11.3 Å². The first kappa shape index (κ1) is 15.5. The van der Waals surface area contributed by atoms with Gasteiger partial charge in [-0.05, 0) is 50.4 Å². The lowest BCUT2D eigenvalue weighted by Crippen LogP contribution is -2.35. The first-order valence-corrected chi connectivity index (χ1v) is 9.19. The van der Waals surface area contributed by atoms with Gasteiger partial charge in [-0.2, -0.15) is 5.10 Å². The highest BCUT2D eigenvalue weighted by atomic mass is 32.1. The molecule has 24 heavy (non-hydrogen) atoms. The van der Waals surface area contributed by atoms with E-state index >= 15 is 0 Å². The molecule has 4 rings (SSSR count). The van der Waals surface area contributed by atoms with Crippen LogP contribution in [0.2, 0.25) is 0 Å². The van der Waals surface area contributed by atoms with E-state index < -0.39 is 0 Å². The zero-order chi connectivity index (χ0) is 16.5. The van der Waals surface area contributed by atoms with E-state index in [0.29, 0.717) is 17.7 Å². The number of thiophene rings is 1. The molecule has 1 atom stereocenters. The highest BCUT2D eigenvalue weighted by Gasteiger charge is 2.28. The summed E-state index contributed by atoms with van der Waals surface area (Å²) >= 11 is 1.62. The van der Waals surface area contributed by atoms with Crippen LogP contribution in [-0.2, 0) is 7.05 Å². The van der Waals surface area contributed by atoms with Crippen molar-refractivity contribution in [3.05, 3.63) is 41.4 Å². The quantitative estimate of drug-likeness (QED) is 0.726. The molecule has 0 spiro atoms. The predicted octanol–water partition coefficient (Wildman–Crippen LogP) is 3.47. The Bertz CT molecular complexity index is 786. The van der Waals surface area contributed by atoms with Crippen LogP contribution in [0.15, 0.2) is 34.2 Å². The van der Waals surface area contributed by atoms with Crippen LogP contribution in [0.1, 0.15) is 43.3 Å². The molecule has 4 heterocycles. The van der Waals surface area contributed by atoms with Gasteiger partial charge in [-0.3, -0.25) is 9.58 Å². The molecule has 126 valence electrons. The Labute approximate surface area is 145 Å². The van der Waals surface area contributed by atoms with Gasteiger partial charge in [-0.15, -0.1) is 21.5 Å². The van der Waals surface area contributed by atoms with Crippen LogP contribution in [0.5, 0.6) is 0 Å². The number of likely N-dealkylation sites (tertiary alicyclic amines) is 1. The van der Waals surface area contributed by atoms with Crippen molar-refractivity contribution < 1.29 is 4.42 Å². The van der Waals surface area contributed by atoms with Crippen molar-refractivity contribution in [1.29, 1.82) is 0 Å². The lowest BCUT2D eigenvalue weighted by atomic mass is 9.92. The summed E-state index contributed by atoms with van der Waals surface area (Å²) in [5.74, 6) is 1.92. The molecule has 0 saturated carbocycles. The number of piperidine rings is 1. The summed E-state index contributed by atoms with van der Waals surface area (Å²) in [4.78, 5) is 3.45. The van der Waals surface area contributed by atoms with E-state index in [-0.39, 0.29) is 6.04 Å². The molecular weight excluding hydrogens is 322 g/mol. The molecule has 7 heteroatoms. The van der Waals surface area contributed by atoms with Crippen molar-refractivity contribution in [3.8, 4) is 10.8 Å². The maximum atomic E-state index is 5.89. The average molecular weight is 343 g/mol. The second-order valence-corrected chi connectivity index (χ2v) is 7.24. The fourth-order valence-corrected chi connectivity index (χ4v) is 4.07. The Morgan fingerprint density at radius 1 is 1.25 bits per heavy atom. The van der Waals surface area contributed by atoms with Gasteiger partial charge in [0.15, 0.2) is 0 Å². The highest BCUT2D eigenvalue weighted by Crippen LogP contribution is 2.32. The number of hydrogen-bond donors (Lipinski definition) is 0. The largest absolute Gasteiger partial charge is 0.418 e. The topological polar surface area (TPSA) is 60.0 Å². The number of nitrogens with zero attached hydrogens (tertiary/aromatic N) is 5. The van der Waals surface area contributed by atoms with Crippen molar-refractivity contribution in [2.45, 2.75) is 31.7 Å². The van der Waals surface area contributed by atoms with Crippen molar-refractivity contribution in [3.63, 3.8) is 0 Å². The van der Waals surface area contributed by atoms with Crippen LogP contribution in [-0.4, -0.2) is 38.0 Å². The van der Waals surface area contributed by atoms with Gasteiger partial charge in [0.05, 0.1) is 10.9 Å². The fraction of sp³-hybridized carbons (Fsp3) is 0.471. The Hall–Kier alpha value is -1.99. The van der Waals surface area contributed by atoms with Gasteiger partial charge < -0.3 is 4.42 Å². The Kier molecular flexibility index (Phi) is 4.20. The number of hydrogen-bond acceptors (Lipinski definition) is 6. The van der Waals surface area contributed by atoms with Crippen molar-refractivity contribution in [2.75, 3.05) is 13.1 Å². The molecule has 6 nitrogen and oxygen atoms in total. The van der Waals surface area contributed by atoms with Gasteiger partial charge in [-0.1, -0.05) is 6.07 Å². The van der Waals surface area contributed by atoms with Crippen LogP contribution in [0.3, 0.4) is 0 Å². The summed E-state index contributed by atoms with van der Waals surface area (Å²) in [6.45, 7) is 4.22. The Balaban J connectivity index is 1.41. The van der Waals surface area contributed by atoms with E-state index in [1.54, 1.807) is 11.3 Å². The molecule has 0 radical (unpaired) electrons. The van der Waals surface area contributed by atoms with Crippen LogP contribution >= 0.6 is 11.3 Å². The van der Waals surface area contributed by atoms with E-state index in [4.69, 9.17) is 4.42 Å². The highest BCUT2D eigenvalue weighted by molar-refractivity contribution is 7.13. The molecule has 0 N–H and O–H groups in total. The van der Waals surface area contributed by atoms with Crippen molar-refractivity contribution in [2.24, 2.45) is 7.05 Å². The molecule has 0 bridgehead atoms. The van der Waals surface area contributed by atoms with Gasteiger partial charge in [0.1, 0.15) is 0 Å². The zero-order valence-electron chi connectivity index (χ0n) is 13.9. The molecule has 3 aromatic heterocycles. The molecule has 1 fully saturated rings. The molecule has 0 aromatic carbocycles. The minimum Gasteiger partial charge on any atom is -0.418 e. The van der Waals surface area contributed by atoms with Gasteiger partial charge in [-0.25, -0.2) is 0 Å². The van der Waals surface area contributed by atoms with Gasteiger partial charge in [0, 0.05) is 24.9 Å². The molecule has 3 aromatic rings. The Morgan fingerprint density at radius 2 is 2.08 bits per heavy atom. The second-order valence-electron chi connectivity index (χ2n) is 6.29. The van der Waals surface area contributed by atoms with Crippen LogP contribution in [0, 0.1) is 0 Å². The molecule has 1 unspecified atom stereocenters. The summed E-state index contributed by atoms with van der Waals surface area (Å²) < 4.78 is 7.89. The summed E-state index contributed by atoms with van der Waals surface area (Å²) in [6.07, 6.45) is 4.15. The first-order chi connectivity index (χ1) is 11.7. The lowest BCUT2D eigenvalue weighted by Gasteiger charge is -2.34. The fourth-order valence-electron chi connectivity index (χ4n) is 3.43. The maximum absolute atomic E-state index is 5.89. The molecular formula is C17H21N5OS. The number of aromatic nitrogens is 4. The summed E-state index contributed by atoms with van der Waals surface area (Å²) in [6, 6.07) is 6.29. The molecule has 1 saturated heterocycles. The van der Waals surface area contributed by atoms with Crippen LogP contribution < -0.4 is 0 Å². The van der Waals surface area contributed by atoms with Gasteiger partial charge in [0.2, 0.25) is 5.89 Å².